The Bertz CT molecular complexity index is 492. The Kier molecular flexibility index (Phi) is 2.51. The first-order chi connectivity index (χ1) is 7.52. The predicted octanol–water partition coefficient (Wildman–Crippen LogP) is 3.27. The van der Waals surface area contributed by atoms with Crippen LogP contribution < -0.4 is 0 Å². The van der Waals surface area contributed by atoms with Crippen LogP contribution in [-0.4, -0.2) is 5.11 Å². The third kappa shape index (κ3) is 1.35. The minimum absolute atomic E-state index is 0.173. The summed E-state index contributed by atoms with van der Waals surface area (Å²) >= 11 is 5.43. The second-order valence-electron chi connectivity index (χ2n) is 3.93. The van der Waals surface area contributed by atoms with Gasteiger partial charge in [-0.3, -0.25) is 0 Å². The van der Waals surface area contributed by atoms with Crippen molar-refractivity contribution in [2.24, 2.45) is 0 Å². The van der Waals surface area contributed by atoms with Gasteiger partial charge < -0.3 is 5.11 Å². The van der Waals surface area contributed by atoms with E-state index in [4.69, 9.17) is 16.9 Å². The molecule has 1 saturated carbocycles. The normalized spacial score (nSPS) is 17.6. The molecule has 84 valence electrons. The molecule has 0 radical (unpaired) electrons. The summed E-state index contributed by atoms with van der Waals surface area (Å²) in [5, 5.41) is 17.9. The van der Waals surface area contributed by atoms with Gasteiger partial charge in [0.25, 0.3) is 0 Å². The standard InChI is InChI=1S/C11H8ClF2NO/c12-9-6(13)4-7(16)8(10(9)14)11(5-15)2-1-3-11/h4,16H,1-3H2. The van der Waals surface area contributed by atoms with Crippen LogP contribution in [0.3, 0.4) is 0 Å². The Hall–Kier alpha value is -1.34. The quantitative estimate of drug-likeness (QED) is 0.770. The van der Waals surface area contributed by atoms with E-state index in [0.717, 1.165) is 12.5 Å². The number of nitrogens with zero attached hydrogens (tertiary/aromatic N) is 1. The maximum Gasteiger partial charge on any atom is 0.153 e. The summed E-state index contributed by atoms with van der Waals surface area (Å²) in [6.45, 7) is 0. The highest BCUT2D eigenvalue weighted by atomic mass is 35.5. The topological polar surface area (TPSA) is 44.0 Å². The SMILES string of the molecule is N#CC1(c2c(O)cc(F)c(Cl)c2F)CCC1. The van der Waals surface area contributed by atoms with Crippen molar-refractivity contribution in [1.29, 1.82) is 5.26 Å². The van der Waals surface area contributed by atoms with Gasteiger partial charge in [-0.2, -0.15) is 5.26 Å². The largest absolute Gasteiger partial charge is 0.507 e. The number of hydrogen-bond acceptors (Lipinski definition) is 2. The molecule has 0 aliphatic heterocycles. The second kappa shape index (κ2) is 3.60. The lowest BCUT2D eigenvalue weighted by molar-refractivity contribution is 0.298. The molecule has 0 aromatic heterocycles. The smallest absolute Gasteiger partial charge is 0.153 e. The monoisotopic (exact) mass is 243 g/mol. The van der Waals surface area contributed by atoms with Crippen LogP contribution in [0.4, 0.5) is 8.78 Å². The Morgan fingerprint density at radius 2 is 2.06 bits per heavy atom. The van der Waals surface area contributed by atoms with Gasteiger partial charge in [0, 0.05) is 6.07 Å². The molecule has 1 aromatic carbocycles. The molecule has 2 rings (SSSR count). The Labute approximate surface area is 96.1 Å². The molecule has 1 aliphatic carbocycles. The maximum absolute atomic E-state index is 13.7. The van der Waals surface area contributed by atoms with E-state index < -0.39 is 27.8 Å². The molecule has 2 nitrogen and oxygen atoms in total. The van der Waals surface area contributed by atoms with Crippen molar-refractivity contribution in [1.82, 2.24) is 0 Å². The van der Waals surface area contributed by atoms with Gasteiger partial charge in [0.05, 0.1) is 17.0 Å². The van der Waals surface area contributed by atoms with Crippen LogP contribution in [0.2, 0.25) is 5.02 Å². The molecule has 5 heteroatoms. The summed E-state index contributed by atoms with van der Waals surface area (Å²) in [6.07, 6.45) is 1.69. The van der Waals surface area contributed by atoms with E-state index in [0.29, 0.717) is 12.8 Å². The average Bonchev–Trinajstić information content (AvgIpc) is 2.18. The molecule has 1 aromatic rings. The predicted molar refractivity (Wildman–Crippen MR) is 54.2 cm³/mol. The number of rotatable bonds is 1. The molecular formula is C11H8ClF2NO. The number of hydrogen-bond donors (Lipinski definition) is 1. The van der Waals surface area contributed by atoms with Crippen molar-refractivity contribution in [2.45, 2.75) is 24.7 Å². The van der Waals surface area contributed by atoms with Crippen molar-refractivity contribution < 1.29 is 13.9 Å². The molecule has 0 bridgehead atoms. The molecular weight excluding hydrogens is 236 g/mol. The summed E-state index contributed by atoms with van der Waals surface area (Å²) in [5.74, 6) is -2.59. The molecule has 0 unspecified atom stereocenters. The molecule has 16 heavy (non-hydrogen) atoms. The highest BCUT2D eigenvalue weighted by molar-refractivity contribution is 6.31. The third-order valence-corrected chi connectivity index (χ3v) is 3.39. The van der Waals surface area contributed by atoms with Crippen LogP contribution in [-0.2, 0) is 5.41 Å². The third-order valence-electron chi connectivity index (χ3n) is 3.04. The number of phenols is 1. The van der Waals surface area contributed by atoms with Gasteiger partial charge in [0.2, 0.25) is 0 Å². The zero-order valence-corrected chi connectivity index (χ0v) is 8.98. The van der Waals surface area contributed by atoms with Gasteiger partial charge in [0.15, 0.2) is 5.82 Å². The highest BCUT2D eigenvalue weighted by Crippen LogP contribution is 2.48. The summed E-state index contributed by atoms with van der Waals surface area (Å²) in [6, 6.07) is 2.73. The summed E-state index contributed by atoms with van der Waals surface area (Å²) in [7, 11) is 0. The maximum atomic E-state index is 13.7. The number of benzene rings is 1. The van der Waals surface area contributed by atoms with Gasteiger partial charge in [-0.25, -0.2) is 8.78 Å². The van der Waals surface area contributed by atoms with Crippen LogP contribution in [0.1, 0.15) is 24.8 Å². The van der Waals surface area contributed by atoms with Crippen LogP contribution in [0, 0.1) is 23.0 Å². The highest BCUT2D eigenvalue weighted by Gasteiger charge is 2.44. The van der Waals surface area contributed by atoms with E-state index in [1.807, 2.05) is 6.07 Å². The van der Waals surface area contributed by atoms with Gasteiger partial charge >= 0.3 is 0 Å². The van der Waals surface area contributed by atoms with Crippen molar-refractivity contribution in [2.75, 3.05) is 0 Å². The molecule has 0 atom stereocenters. The van der Waals surface area contributed by atoms with Gasteiger partial charge in [-0.15, -0.1) is 0 Å². The van der Waals surface area contributed by atoms with Gasteiger partial charge in [0.1, 0.15) is 16.6 Å². The van der Waals surface area contributed by atoms with Gasteiger partial charge in [-0.1, -0.05) is 11.6 Å². The van der Waals surface area contributed by atoms with E-state index in [9.17, 15) is 13.9 Å². The molecule has 0 amide bonds. The lowest BCUT2D eigenvalue weighted by Crippen LogP contribution is -2.33. The van der Waals surface area contributed by atoms with Crippen LogP contribution >= 0.6 is 11.6 Å². The fraction of sp³-hybridized carbons (Fsp3) is 0.364. The van der Waals surface area contributed by atoms with Crippen LogP contribution in [0.25, 0.3) is 0 Å². The minimum atomic E-state index is -1.05. The van der Waals surface area contributed by atoms with E-state index in [-0.39, 0.29) is 5.56 Å². The van der Waals surface area contributed by atoms with Gasteiger partial charge in [-0.05, 0) is 19.3 Å². The lowest BCUT2D eigenvalue weighted by atomic mass is 9.65. The molecule has 0 heterocycles. The Morgan fingerprint density at radius 3 is 2.50 bits per heavy atom. The van der Waals surface area contributed by atoms with Crippen LogP contribution in [0.15, 0.2) is 6.07 Å². The first-order valence-electron chi connectivity index (χ1n) is 4.80. The first kappa shape index (κ1) is 11.2. The fourth-order valence-electron chi connectivity index (χ4n) is 1.99. The van der Waals surface area contributed by atoms with Crippen molar-refractivity contribution in [3.05, 3.63) is 28.3 Å². The number of nitriles is 1. The summed E-state index contributed by atoms with van der Waals surface area (Å²) < 4.78 is 26.8. The Morgan fingerprint density at radius 1 is 1.44 bits per heavy atom. The van der Waals surface area contributed by atoms with Crippen molar-refractivity contribution in [3.8, 4) is 11.8 Å². The van der Waals surface area contributed by atoms with E-state index >= 15 is 0 Å². The summed E-state index contributed by atoms with van der Waals surface area (Å²) in [5.41, 5.74) is -1.22. The van der Waals surface area contributed by atoms with E-state index in [1.54, 1.807) is 0 Å². The van der Waals surface area contributed by atoms with Crippen LogP contribution in [0.5, 0.6) is 5.75 Å². The number of aromatic hydroxyl groups is 1. The van der Waals surface area contributed by atoms with Crippen molar-refractivity contribution in [3.63, 3.8) is 0 Å². The zero-order valence-electron chi connectivity index (χ0n) is 8.23. The molecule has 1 fully saturated rings. The fourth-order valence-corrected chi connectivity index (χ4v) is 2.13. The minimum Gasteiger partial charge on any atom is -0.507 e. The average molecular weight is 244 g/mol. The first-order valence-corrected chi connectivity index (χ1v) is 5.18. The molecule has 1 aliphatic rings. The molecule has 1 N–H and O–H groups in total. The second-order valence-corrected chi connectivity index (χ2v) is 4.31. The molecule has 0 saturated heterocycles. The zero-order chi connectivity index (χ0) is 11.9. The van der Waals surface area contributed by atoms with E-state index in [1.165, 1.54) is 0 Å². The number of halogens is 3. The molecule has 0 spiro atoms. The number of phenolic OH excluding ortho intramolecular Hbond substituents is 1. The van der Waals surface area contributed by atoms with Crippen molar-refractivity contribution >= 4 is 11.6 Å². The Balaban J connectivity index is 2.66. The lowest BCUT2D eigenvalue weighted by Gasteiger charge is -2.36. The summed E-state index contributed by atoms with van der Waals surface area (Å²) in [4.78, 5) is 0. The van der Waals surface area contributed by atoms with E-state index in [2.05, 4.69) is 0 Å².